The van der Waals surface area contributed by atoms with E-state index >= 15 is 0 Å². The summed E-state index contributed by atoms with van der Waals surface area (Å²) in [6.07, 6.45) is 6.34. The van der Waals surface area contributed by atoms with Gasteiger partial charge in [0.15, 0.2) is 0 Å². The lowest BCUT2D eigenvalue weighted by molar-refractivity contribution is -0.221. The lowest BCUT2D eigenvalue weighted by Gasteiger charge is -2.60. The molecule has 3 unspecified atom stereocenters. The molecule has 41 heavy (non-hydrogen) atoms. The molecule has 1 heterocycles. The highest BCUT2D eigenvalue weighted by Crippen LogP contribution is 2.61. The van der Waals surface area contributed by atoms with Gasteiger partial charge < -0.3 is 19.5 Å². The van der Waals surface area contributed by atoms with Crippen molar-refractivity contribution in [2.75, 3.05) is 13.7 Å². The van der Waals surface area contributed by atoms with Gasteiger partial charge in [0.25, 0.3) is 0 Å². The highest BCUT2D eigenvalue weighted by molar-refractivity contribution is 5.87. The van der Waals surface area contributed by atoms with E-state index in [2.05, 4.69) is 12.2 Å². The van der Waals surface area contributed by atoms with Crippen molar-refractivity contribution in [2.24, 2.45) is 45.3 Å². The minimum atomic E-state index is -1.25. The maximum atomic E-state index is 14.3. The van der Waals surface area contributed by atoms with Crippen LogP contribution in [-0.4, -0.2) is 49.2 Å². The SMILES string of the molecule is CCC(C)(CC(C)(CC(C)(C)C(=O)NC)C(=O)OC1C(=O)OCC1(C)C)C(=O)OC1(CC)C2CC3CC(C2)CC1C3. The van der Waals surface area contributed by atoms with E-state index < -0.39 is 45.3 Å². The van der Waals surface area contributed by atoms with E-state index in [1.54, 1.807) is 27.8 Å². The lowest BCUT2D eigenvalue weighted by atomic mass is 9.49. The topological polar surface area (TPSA) is 108 Å². The van der Waals surface area contributed by atoms with Gasteiger partial charge in [-0.1, -0.05) is 41.5 Å². The second-order valence-electron chi connectivity index (χ2n) is 15.7. The van der Waals surface area contributed by atoms with Gasteiger partial charge in [-0.3, -0.25) is 14.4 Å². The zero-order chi connectivity index (χ0) is 30.6. The number of amides is 1. The summed E-state index contributed by atoms with van der Waals surface area (Å²) in [7, 11) is 1.57. The summed E-state index contributed by atoms with van der Waals surface area (Å²) >= 11 is 0. The van der Waals surface area contributed by atoms with E-state index in [-0.39, 0.29) is 31.3 Å². The van der Waals surface area contributed by atoms with Crippen LogP contribution in [0.25, 0.3) is 0 Å². The van der Waals surface area contributed by atoms with Crippen LogP contribution in [-0.2, 0) is 33.4 Å². The van der Waals surface area contributed by atoms with Crippen molar-refractivity contribution < 1.29 is 33.4 Å². The minimum Gasteiger partial charge on any atom is -0.462 e. The molecular weight excluding hydrogens is 522 g/mol. The number of hydrogen-bond acceptors (Lipinski definition) is 7. The van der Waals surface area contributed by atoms with Crippen LogP contribution >= 0.6 is 0 Å². The van der Waals surface area contributed by atoms with Crippen LogP contribution in [0.3, 0.4) is 0 Å². The zero-order valence-electron chi connectivity index (χ0n) is 26.8. The van der Waals surface area contributed by atoms with Gasteiger partial charge in [-0.25, -0.2) is 4.79 Å². The van der Waals surface area contributed by atoms with Gasteiger partial charge >= 0.3 is 17.9 Å². The number of cyclic esters (lactones) is 1. The average molecular weight is 576 g/mol. The average Bonchev–Trinajstić information content (AvgIpc) is 3.15. The molecule has 0 spiro atoms. The fourth-order valence-electron chi connectivity index (χ4n) is 9.08. The molecule has 4 bridgehead atoms. The van der Waals surface area contributed by atoms with Gasteiger partial charge in [0.1, 0.15) is 12.2 Å². The van der Waals surface area contributed by atoms with Crippen LogP contribution < -0.4 is 5.32 Å². The van der Waals surface area contributed by atoms with Gasteiger partial charge in [-0.2, -0.15) is 0 Å². The van der Waals surface area contributed by atoms with Crippen molar-refractivity contribution in [2.45, 2.75) is 125 Å². The van der Waals surface area contributed by atoms with Crippen LogP contribution in [0, 0.1) is 45.3 Å². The Hall–Kier alpha value is -2.12. The molecule has 5 rings (SSSR count). The fraction of sp³-hybridized carbons (Fsp3) is 0.879. The lowest BCUT2D eigenvalue weighted by Crippen LogP contribution is -2.60. The summed E-state index contributed by atoms with van der Waals surface area (Å²) in [6, 6.07) is 0. The van der Waals surface area contributed by atoms with E-state index in [1.165, 1.54) is 6.42 Å². The van der Waals surface area contributed by atoms with Gasteiger partial charge in [-0.15, -0.1) is 0 Å². The molecule has 1 amide bonds. The molecule has 5 aliphatic rings. The molecular formula is C33H53NO7. The Morgan fingerprint density at radius 2 is 1.46 bits per heavy atom. The molecule has 1 aliphatic heterocycles. The summed E-state index contributed by atoms with van der Waals surface area (Å²) in [6.45, 7) is 15.1. The minimum absolute atomic E-state index is 0.136. The molecule has 0 radical (unpaired) electrons. The standard InChI is InChI=1S/C33H53NO7/c1-10-31(7,28(38)41-33(11-2)22-13-20-12-21(15-22)16-23(33)14-20)18-32(8,17-29(3,4)26(36)34-9)27(37)40-24-25(35)39-19-30(24,5)6/h20-24H,10-19H2,1-9H3,(H,34,36). The second kappa shape index (κ2) is 10.9. The third-order valence-electron chi connectivity index (χ3n) is 11.3. The Kier molecular flexibility index (Phi) is 8.42. The Bertz CT molecular complexity index is 1040. The first-order valence-electron chi connectivity index (χ1n) is 15.8. The molecule has 232 valence electrons. The highest BCUT2D eigenvalue weighted by atomic mass is 16.6. The smallest absolute Gasteiger partial charge is 0.348 e. The number of hydrogen-bond donors (Lipinski definition) is 1. The molecule has 0 aromatic carbocycles. The maximum Gasteiger partial charge on any atom is 0.348 e. The molecule has 4 saturated carbocycles. The van der Waals surface area contributed by atoms with Crippen LogP contribution in [0.2, 0.25) is 0 Å². The second-order valence-corrected chi connectivity index (χ2v) is 15.7. The van der Waals surface area contributed by atoms with Gasteiger partial charge in [0.05, 0.1) is 10.8 Å². The summed E-state index contributed by atoms with van der Waals surface area (Å²) in [4.78, 5) is 53.7. The van der Waals surface area contributed by atoms with Crippen molar-refractivity contribution in [3.63, 3.8) is 0 Å². The van der Waals surface area contributed by atoms with Gasteiger partial charge in [0, 0.05) is 17.9 Å². The molecule has 8 nitrogen and oxygen atoms in total. The number of nitrogens with one attached hydrogen (secondary N) is 1. The van der Waals surface area contributed by atoms with Crippen molar-refractivity contribution in [1.82, 2.24) is 5.32 Å². The van der Waals surface area contributed by atoms with Gasteiger partial charge in [0.2, 0.25) is 12.0 Å². The summed E-state index contributed by atoms with van der Waals surface area (Å²) < 4.78 is 17.8. The molecule has 3 atom stereocenters. The third-order valence-corrected chi connectivity index (χ3v) is 11.3. The van der Waals surface area contributed by atoms with Crippen molar-refractivity contribution in [1.29, 1.82) is 0 Å². The Morgan fingerprint density at radius 1 is 0.902 bits per heavy atom. The summed E-state index contributed by atoms with van der Waals surface area (Å²) in [5.74, 6) is 0.651. The first kappa shape index (κ1) is 31.8. The van der Waals surface area contributed by atoms with Crippen LogP contribution in [0.15, 0.2) is 0 Å². The first-order chi connectivity index (χ1) is 18.9. The largest absolute Gasteiger partial charge is 0.462 e. The van der Waals surface area contributed by atoms with E-state index in [9.17, 15) is 19.2 Å². The van der Waals surface area contributed by atoms with E-state index in [0.717, 1.165) is 43.9 Å². The number of esters is 3. The number of carbonyl (C=O) groups excluding carboxylic acids is 4. The normalized spacial score (nSPS) is 34.8. The van der Waals surface area contributed by atoms with E-state index in [4.69, 9.17) is 14.2 Å². The third kappa shape index (κ3) is 5.65. The quantitative estimate of drug-likeness (QED) is 0.252. The van der Waals surface area contributed by atoms with Crippen LogP contribution in [0.1, 0.15) is 113 Å². The summed E-state index contributed by atoms with van der Waals surface area (Å²) in [5.41, 5.74) is -4.29. The fourth-order valence-corrected chi connectivity index (χ4v) is 9.08. The number of rotatable bonds is 11. The number of carbonyl (C=O) groups is 4. The molecule has 1 saturated heterocycles. The molecule has 0 aromatic rings. The Balaban J connectivity index is 1.63. The Morgan fingerprint density at radius 3 is 1.90 bits per heavy atom. The highest BCUT2D eigenvalue weighted by Gasteiger charge is 2.60. The predicted molar refractivity (Wildman–Crippen MR) is 154 cm³/mol. The predicted octanol–water partition coefficient (Wildman–Crippen LogP) is 5.60. The van der Waals surface area contributed by atoms with E-state index in [1.807, 2.05) is 27.7 Å². The van der Waals surface area contributed by atoms with E-state index in [0.29, 0.717) is 18.3 Å². The molecule has 4 aliphatic carbocycles. The summed E-state index contributed by atoms with van der Waals surface area (Å²) in [5, 5.41) is 2.70. The molecule has 5 fully saturated rings. The van der Waals surface area contributed by atoms with Crippen molar-refractivity contribution in [3.05, 3.63) is 0 Å². The van der Waals surface area contributed by atoms with Gasteiger partial charge in [-0.05, 0) is 95.3 Å². The van der Waals surface area contributed by atoms with Crippen LogP contribution in [0.5, 0.6) is 0 Å². The molecule has 0 aromatic heterocycles. The van der Waals surface area contributed by atoms with Crippen LogP contribution in [0.4, 0.5) is 0 Å². The van der Waals surface area contributed by atoms with Crippen molar-refractivity contribution in [3.8, 4) is 0 Å². The molecule has 1 N–H and O–H groups in total. The number of ether oxygens (including phenoxy) is 3. The Labute approximate surface area is 246 Å². The first-order valence-corrected chi connectivity index (χ1v) is 15.8. The zero-order valence-corrected chi connectivity index (χ0v) is 26.8. The molecule has 8 heteroatoms. The maximum absolute atomic E-state index is 14.3. The van der Waals surface area contributed by atoms with Crippen molar-refractivity contribution >= 4 is 23.8 Å². The monoisotopic (exact) mass is 575 g/mol.